The van der Waals surface area contributed by atoms with Crippen LogP contribution in [-0.4, -0.2) is 45.9 Å². The van der Waals surface area contributed by atoms with Crippen molar-refractivity contribution in [2.75, 3.05) is 19.6 Å². The molecule has 2 aliphatic rings. The third kappa shape index (κ3) is 4.84. The molecule has 1 spiro atoms. The van der Waals surface area contributed by atoms with E-state index in [2.05, 4.69) is 39.2 Å². The Morgan fingerprint density at radius 2 is 1.85 bits per heavy atom. The second kappa shape index (κ2) is 9.68. The van der Waals surface area contributed by atoms with Gasteiger partial charge in [-0.15, -0.1) is 0 Å². The summed E-state index contributed by atoms with van der Waals surface area (Å²) in [5, 5.41) is 1.27. The molecule has 3 aromatic rings. The second-order valence-corrected chi connectivity index (χ2v) is 9.83. The number of H-pyrrole nitrogens is 1. The number of amides is 1. The summed E-state index contributed by atoms with van der Waals surface area (Å²) in [6.07, 6.45) is 10.1. The minimum absolute atomic E-state index is 0.158. The third-order valence-electron chi connectivity index (χ3n) is 7.79. The fourth-order valence-electron chi connectivity index (χ4n) is 6.02. The summed E-state index contributed by atoms with van der Waals surface area (Å²) >= 11 is 0. The highest BCUT2D eigenvalue weighted by molar-refractivity contribution is 5.83. The zero-order chi connectivity index (χ0) is 22.7. The highest BCUT2D eigenvalue weighted by Crippen LogP contribution is 2.39. The molecule has 1 unspecified atom stereocenters. The lowest BCUT2D eigenvalue weighted by molar-refractivity contribution is -0.131. The number of likely N-dealkylation sites (tertiary alicyclic amines) is 2. The Hall–Kier alpha value is -2.66. The van der Waals surface area contributed by atoms with Crippen molar-refractivity contribution in [3.8, 4) is 0 Å². The van der Waals surface area contributed by atoms with Gasteiger partial charge in [-0.1, -0.05) is 30.3 Å². The van der Waals surface area contributed by atoms with Crippen LogP contribution in [0, 0.1) is 5.82 Å². The average Bonchev–Trinajstić information content (AvgIpc) is 3.32. The van der Waals surface area contributed by atoms with E-state index in [4.69, 9.17) is 0 Å². The molecule has 1 atom stereocenters. The maximum Gasteiger partial charge on any atom is 0.222 e. The van der Waals surface area contributed by atoms with Crippen LogP contribution in [0.2, 0.25) is 0 Å². The number of aromatic amines is 1. The first-order chi connectivity index (χ1) is 16.1. The topological polar surface area (TPSA) is 39.3 Å². The molecule has 5 rings (SSSR count). The number of fused-ring (bicyclic) bond motifs is 1. The Balaban J connectivity index is 1.16. The first kappa shape index (κ1) is 22.1. The van der Waals surface area contributed by atoms with Crippen molar-refractivity contribution in [2.24, 2.45) is 0 Å². The van der Waals surface area contributed by atoms with Crippen LogP contribution in [0.15, 0.2) is 54.7 Å². The van der Waals surface area contributed by atoms with Gasteiger partial charge in [-0.2, -0.15) is 0 Å². The summed E-state index contributed by atoms with van der Waals surface area (Å²) in [4.78, 5) is 21.0. The molecule has 2 aromatic carbocycles. The Bertz CT molecular complexity index is 1110. The lowest BCUT2D eigenvalue weighted by atomic mass is 9.87. The zero-order valence-electron chi connectivity index (χ0n) is 19.4. The van der Waals surface area contributed by atoms with E-state index in [1.807, 2.05) is 12.1 Å². The van der Waals surface area contributed by atoms with E-state index in [0.717, 1.165) is 69.4 Å². The predicted octanol–water partition coefficient (Wildman–Crippen LogP) is 5.68. The lowest BCUT2D eigenvalue weighted by Crippen LogP contribution is -2.44. The summed E-state index contributed by atoms with van der Waals surface area (Å²) in [7, 11) is 0. The number of rotatable bonds is 6. The molecule has 1 aromatic heterocycles. The molecule has 0 bridgehead atoms. The monoisotopic (exact) mass is 447 g/mol. The van der Waals surface area contributed by atoms with Crippen LogP contribution in [0.5, 0.6) is 0 Å². The van der Waals surface area contributed by atoms with Crippen LogP contribution in [0.3, 0.4) is 0 Å². The average molecular weight is 448 g/mol. The van der Waals surface area contributed by atoms with E-state index in [1.54, 1.807) is 12.1 Å². The second-order valence-electron chi connectivity index (χ2n) is 9.83. The van der Waals surface area contributed by atoms with Crippen LogP contribution in [-0.2, 0) is 17.8 Å². The molecule has 4 nitrogen and oxygen atoms in total. The number of nitrogens with zero attached hydrogens (tertiary/aromatic N) is 2. The number of aryl methyl sites for hydroxylation is 1. The Kier molecular flexibility index (Phi) is 6.50. The van der Waals surface area contributed by atoms with Crippen molar-refractivity contribution in [1.29, 1.82) is 0 Å². The minimum Gasteiger partial charge on any atom is -0.361 e. The van der Waals surface area contributed by atoms with Gasteiger partial charge in [0.1, 0.15) is 5.82 Å². The Labute approximate surface area is 195 Å². The van der Waals surface area contributed by atoms with Gasteiger partial charge < -0.3 is 9.88 Å². The van der Waals surface area contributed by atoms with Crippen molar-refractivity contribution in [1.82, 2.24) is 14.8 Å². The van der Waals surface area contributed by atoms with Crippen molar-refractivity contribution < 1.29 is 9.18 Å². The standard InChI is InChI=1S/C28H34FN3O/c29-24-9-3-7-22(19-24)21-32-17-6-14-28(32)13-5-16-31(18-15-28)27(33)12-4-8-23-20-30-26-11-2-1-10-25(23)26/h1-3,7,9-11,19-20,30H,4-6,8,12-18,21H2. The van der Waals surface area contributed by atoms with Crippen molar-refractivity contribution in [2.45, 2.75) is 63.5 Å². The van der Waals surface area contributed by atoms with E-state index in [1.165, 1.54) is 29.9 Å². The summed E-state index contributed by atoms with van der Waals surface area (Å²) in [6, 6.07) is 15.3. The molecule has 1 N–H and O–H groups in total. The van der Waals surface area contributed by atoms with Crippen LogP contribution in [0.4, 0.5) is 4.39 Å². The molecule has 0 radical (unpaired) electrons. The molecule has 3 heterocycles. The molecule has 2 saturated heterocycles. The van der Waals surface area contributed by atoms with Gasteiger partial charge in [-0.25, -0.2) is 4.39 Å². The maximum atomic E-state index is 13.7. The van der Waals surface area contributed by atoms with Gasteiger partial charge >= 0.3 is 0 Å². The maximum absolute atomic E-state index is 13.7. The van der Waals surface area contributed by atoms with Gasteiger partial charge in [0, 0.05) is 48.7 Å². The van der Waals surface area contributed by atoms with Gasteiger partial charge in [0.2, 0.25) is 5.91 Å². The van der Waals surface area contributed by atoms with Crippen LogP contribution < -0.4 is 0 Å². The van der Waals surface area contributed by atoms with Gasteiger partial charge in [-0.3, -0.25) is 9.69 Å². The largest absolute Gasteiger partial charge is 0.361 e. The molecular weight excluding hydrogens is 413 g/mol. The first-order valence-corrected chi connectivity index (χ1v) is 12.5. The number of hydrogen-bond donors (Lipinski definition) is 1. The van der Waals surface area contributed by atoms with E-state index in [-0.39, 0.29) is 11.4 Å². The Morgan fingerprint density at radius 1 is 1.00 bits per heavy atom. The highest BCUT2D eigenvalue weighted by Gasteiger charge is 2.41. The number of nitrogens with one attached hydrogen (secondary N) is 1. The molecule has 174 valence electrons. The number of carbonyl (C=O) groups excluding carboxylic acids is 1. The fourth-order valence-corrected chi connectivity index (χ4v) is 6.02. The van der Waals surface area contributed by atoms with Crippen molar-refractivity contribution >= 4 is 16.8 Å². The highest BCUT2D eigenvalue weighted by atomic mass is 19.1. The molecular formula is C28H34FN3O. The number of carbonyl (C=O) groups is 1. The smallest absolute Gasteiger partial charge is 0.222 e. The normalized spacial score (nSPS) is 21.7. The number of benzene rings is 2. The summed E-state index contributed by atoms with van der Waals surface area (Å²) in [5.74, 6) is 0.132. The van der Waals surface area contributed by atoms with E-state index in [0.29, 0.717) is 12.3 Å². The zero-order valence-corrected chi connectivity index (χ0v) is 19.4. The molecule has 5 heteroatoms. The first-order valence-electron chi connectivity index (χ1n) is 12.5. The predicted molar refractivity (Wildman–Crippen MR) is 130 cm³/mol. The van der Waals surface area contributed by atoms with Crippen molar-refractivity contribution in [3.05, 3.63) is 71.7 Å². The molecule has 0 saturated carbocycles. The van der Waals surface area contributed by atoms with E-state index in [9.17, 15) is 9.18 Å². The van der Waals surface area contributed by atoms with Gasteiger partial charge in [0.25, 0.3) is 0 Å². The number of aromatic nitrogens is 1. The molecule has 2 fully saturated rings. The summed E-state index contributed by atoms with van der Waals surface area (Å²) in [6.45, 7) is 3.57. The fraction of sp³-hybridized carbons (Fsp3) is 0.464. The molecule has 2 aliphatic heterocycles. The third-order valence-corrected chi connectivity index (χ3v) is 7.79. The van der Waals surface area contributed by atoms with Gasteiger partial charge in [-0.05, 0) is 80.8 Å². The van der Waals surface area contributed by atoms with E-state index < -0.39 is 0 Å². The molecule has 1 amide bonds. The molecule has 33 heavy (non-hydrogen) atoms. The van der Waals surface area contributed by atoms with Crippen LogP contribution in [0.1, 0.15) is 56.1 Å². The van der Waals surface area contributed by atoms with Gasteiger partial charge in [0.15, 0.2) is 0 Å². The lowest BCUT2D eigenvalue weighted by Gasteiger charge is -2.38. The summed E-state index contributed by atoms with van der Waals surface area (Å²) < 4.78 is 13.7. The SMILES string of the molecule is O=C(CCCc1c[nH]c2ccccc12)N1CCCC2(CCCN2Cc2cccc(F)c2)CC1. The molecule has 0 aliphatic carbocycles. The van der Waals surface area contributed by atoms with Crippen molar-refractivity contribution in [3.63, 3.8) is 0 Å². The minimum atomic E-state index is -0.161. The van der Waals surface area contributed by atoms with E-state index >= 15 is 0 Å². The Morgan fingerprint density at radius 3 is 2.73 bits per heavy atom. The summed E-state index contributed by atoms with van der Waals surface area (Å²) in [5.41, 5.74) is 3.67. The van der Waals surface area contributed by atoms with Crippen LogP contribution >= 0.6 is 0 Å². The quantitative estimate of drug-likeness (QED) is 0.528. The number of para-hydroxylation sites is 1. The number of hydrogen-bond acceptors (Lipinski definition) is 2. The number of halogens is 1. The van der Waals surface area contributed by atoms with Crippen LogP contribution in [0.25, 0.3) is 10.9 Å². The van der Waals surface area contributed by atoms with Gasteiger partial charge in [0.05, 0.1) is 0 Å².